The van der Waals surface area contributed by atoms with Gasteiger partial charge < -0.3 is 10.2 Å². The summed E-state index contributed by atoms with van der Waals surface area (Å²) in [6, 6.07) is 0.139. The highest BCUT2D eigenvalue weighted by Crippen LogP contribution is 2.23. The van der Waals surface area contributed by atoms with Crippen molar-refractivity contribution in [3.8, 4) is 0 Å². The molecule has 0 spiro atoms. The van der Waals surface area contributed by atoms with Crippen LogP contribution in [0.4, 0.5) is 0 Å². The van der Waals surface area contributed by atoms with Gasteiger partial charge in [-0.25, -0.2) is 0 Å². The van der Waals surface area contributed by atoms with Crippen molar-refractivity contribution in [3.63, 3.8) is 0 Å². The van der Waals surface area contributed by atoms with Crippen LogP contribution in [-0.4, -0.2) is 44.1 Å². The first-order chi connectivity index (χ1) is 8.51. The summed E-state index contributed by atoms with van der Waals surface area (Å²) in [5.74, 6) is -0.218. The molecule has 4 nitrogen and oxygen atoms in total. The second-order valence-corrected chi connectivity index (χ2v) is 4.85. The molecule has 0 heterocycles. The summed E-state index contributed by atoms with van der Waals surface area (Å²) in [6.45, 7) is 3.80. The van der Waals surface area contributed by atoms with Crippen molar-refractivity contribution in [1.29, 1.82) is 0 Å². The summed E-state index contributed by atoms with van der Waals surface area (Å²) in [7, 11) is 7.29. The maximum Gasteiger partial charge on any atom is 0.218 e. The molecule has 0 aromatic heterocycles. The smallest absolute Gasteiger partial charge is 0.218 e. The van der Waals surface area contributed by atoms with Gasteiger partial charge in [0, 0.05) is 17.7 Å². The van der Waals surface area contributed by atoms with Gasteiger partial charge in [0.2, 0.25) is 5.91 Å². The molecule has 1 amide bonds. The first-order valence-electron chi connectivity index (χ1n) is 6.41. The number of rotatable bonds is 6. The summed E-state index contributed by atoms with van der Waals surface area (Å²) in [5.41, 5.74) is 0.891. The molecule has 5 heteroatoms. The third-order valence-electron chi connectivity index (χ3n) is 3.26. The number of amides is 1. The van der Waals surface area contributed by atoms with Gasteiger partial charge in [-0.15, -0.1) is 0 Å². The fourth-order valence-electron chi connectivity index (χ4n) is 2.05. The lowest BCUT2D eigenvalue weighted by Gasteiger charge is -2.28. The molecule has 0 fully saturated rings. The van der Waals surface area contributed by atoms with Crippen LogP contribution in [0.15, 0.2) is 11.8 Å². The highest BCUT2D eigenvalue weighted by molar-refractivity contribution is 6.20. The minimum atomic E-state index is -0.197. The number of nitrogens with zero attached hydrogens (tertiary/aromatic N) is 1. The molecule has 1 unspecified atom stereocenters. The quantitative estimate of drug-likeness (QED) is 0.710. The van der Waals surface area contributed by atoms with Crippen molar-refractivity contribution in [3.05, 3.63) is 11.8 Å². The molecule has 0 bridgehead atoms. The molecule has 1 aliphatic carbocycles. The average molecular weight is 248 g/mol. The van der Waals surface area contributed by atoms with Crippen molar-refractivity contribution in [2.75, 3.05) is 13.6 Å². The number of allylic oxidation sites excluding steroid dienone is 1. The Hall–Kier alpha value is -1.10. The lowest BCUT2D eigenvalue weighted by Crippen LogP contribution is -2.42. The fraction of sp³-hybridized carbons (Fsp3) is 0.692. The second-order valence-electron chi connectivity index (χ2n) is 4.85. The van der Waals surface area contributed by atoms with Crippen LogP contribution in [0.25, 0.3) is 0 Å². The molecule has 1 N–H and O–H groups in total. The van der Waals surface area contributed by atoms with E-state index in [1.807, 2.05) is 27.0 Å². The molecule has 18 heavy (non-hydrogen) atoms. The van der Waals surface area contributed by atoms with Crippen molar-refractivity contribution in [2.24, 2.45) is 5.92 Å². The summed E-state index contributed by atoms with van der Waals surface area (Å²) < 4.78 is 0. The standard InChI is InChI=1S/C13H21BN2O2/c1-9(2)12(17)8-16(13(18)7-14)11-6-4-5-10(11)15-3/h6,9-10,15H,4-5,7-8H2,1-3H3. The van der Waals surface area contributed by atoms with Crippen LogP contribution in [0, 0.1) is 5.92 Å². The van der Waals surface area contributed by atoms with Gasteiger partial charge in [-0.3, -0.25) is 9.59 Å². The summed E-state index contributed by atoms with van der Waals surface area (Å²) in [6.07, 6.45) is 3.82. The molecule has 98 valence electrons. The zero-order valence-electron chi connectivity index (χ0n) is 11.4. The first kappa shape index (κ1) is 15.0. The van der Waals surface area contributed by atoms with Crippen LogP contribution in [0.5, 0.6) is 0 Å². The van der Waals surface area contributed by atoms with Crippen molar-refractivity contribution in [1.82, 2.24) is 10.2 Å². The SMILES string of the molecule is [B]CC(=O)N(CC(=O)C(C)C)C1=CCCC1NC. The summed E-state index contributed by atoms with van der Waals surface area (Å²) >= 11 is 0. The van der Waals surface area contributed by atoms with E-state index in [0.717, 1.165) is 18.5 Å². The highest BCUT2D eigenvalue weighted by Gasteiger charge is 2.28. The summed E-state index contributed by atoms with van der Waals surface area (Å²) in [4.78, 5) is 25.3. The number of ketones is 1. The van der Waals surface area contributed by atoms with Crippen LogP contribution in [0.3, 0.4) is 0 Å². The lowest BCUT2D eigenvalue weighted by atomic mass is 10.0. The predicted octanol–water partition coefficient (Wildman–Crippen LogP) is 0.893. The maximum atomic E-state index is 11.9. The van der Waals surface area contributed by atoms with Crippen LogP contribution >= 0.6 is 0 Å². The Morgan fingerprint density at radius 1 is 1.56 bits per heavy atom. The van der Waals surface area contributed by atoms with Crippen molar-refractivity contribution >= 4 is 19.5 Å². The number of hydrogen-bond donors (Lipinski definition) is 1. The third kappa shape index (κ3) is 3.45. The minimum Gasteiger partial charge on any atom is -0.312 e. The Bertz CT molecular complexity index is 353. The van der Waals surface area contributed by atoms with E-state index in [4.69, 9.17) is 7.85 Å². The lowest BCUT2D eigenvalue weighted by molar-refractivity contribution is -0.133. The molecule has 1 rings (SSSR count). The number of nitrogens with one attached hydrogen (secondary N) is 1. The van der Waals surface area contributed by atoms with E-state index in [1.165, 1.54) is 4.90 Å². The maximum absolute atomic E-state index is 11.9. The van der Waals surface area contributed by atoms with E-state index in [2.05, 4.69) is 5.32 Å². The fourth-order valence-corrected chi connectivity index (χ4v) is 2.05. The molecular formula is C13H21BN2O2. The first-order valence-corrected chi connectivity index (χ1v) is 6.41. The molecule has 0 saturated heterocycles. The molecule has 0 aromatic rings. The Kier molecular flexibility index (Phi) is 5.60. The van der Waals surface area contributed by atoms with Gasteiger partial charge in [0.15, 0.2) is 5.78 Å². The zero-order valence-corrected chi connectivity index (χ0v) is 11.4. The Balaban J connectivity index is 2.85. The van der Waals surface area contributed by atoms with E-state index in [1.54, 1.807) is 0 Å². The van der Waals surface area contributed by atoms with Crippen LogP contribution in [-0.2, 0) is 9.59 Å². The summed E-state index contributed by atoms with van der Waals surface area (Å²) in [5, 5.41) is 3.16. The van der Waals surface area contributed by atoms with Crippen LogP contribution in [0.1, 0.15) is 26.7 Å². The van der Waals surface area contributed by atoms with Gasteiger partial charge in [0.25, 0.3) is 0 Å². The zero-order chi connectivity index (χ0) is 13.7. The Morgan fingerprint density at radius 3 is 2.72 bits per heavy atom. The number of carbonyl (C=O) groups is 2. The topological polar surface area (TPSA) is 49.4 Å². The molecule has 0 aromatic carbocycles. The number of Topliss-reactive ketones (excluding diaryl/α,β-unsaturated/α-hetero) is 1. The monoisotopic (exact) mass is 248 g/mol. The number of likely N-dealkylation sites (N-methyl/N-ethyl adjacent to an activating group) is 1. The normalized spacial score (nSPS) is 18.9. The van der Waals surface area contributed by atoms with Gasteiger partial charge in [-0.2, -0.15) is 0 Å². The predicted molar refractivity (Wildman–Crippen MR) is 72.3 cm³/mol. The van der Waals surface area contributed by atoms with Gasteiger partial charge >= 0.3 is 0 Å². The van der Waals surface area contributed by atoms with E-state index >= 15 is 0 Å². The molecule has 2 radical (unpaired) electrons. The Labute approximate surface area is 110 Å². The van der Waals surface area contributed by atoms with Gasteiger partial charge in [-0.05, 0) is 26.2 Å². The molecule has 1 atom stereocenters. The molecule has 0 saturated carbocycles. The van der Waals surface area contributed by atoms with E-state index < -0.39 is 0 Å². The number of carbonyl (C=O) groups excluding carboxylic acids is 2. The van der Waals surface area contributed by atoms with Crippen LogP contribution in [0.2, 0.25) is 6.32 Å². The minimum absolute atomic E-state index is 0.0550. The van der Waals surface area contributed by atoms with Crippen molar-refractivity contribution < 1.29 is 9.59 Å². The van der Waals surface area contributed by atoms with Gasteiger partial charge in [-0.1, -0.05) is 19.9 Å². The number of hydrogen-bond acceptors (Lipinski definition) is 3. The van der Waals surface area contributed by atoms with E-state index in [0.29, 0.717) is 0 Å². The molecule has 1 aliphatic rings. The molecular weight excluding hydrogens is 227 g/mol. The van der Waals surface area contributed by atoms with Gasteiger partial charge in [0.1, 0.15) is 0 Å². The molecule has 0 aliphatic heterocycles. The van der Waals surface area contributed by atoms with Crippen molar-refractivity contribution in [2.45, 2.75) is 39.1 Å². The highest BCUT2D eigenvalue weighted by atomic mass is 16.2. The van der Waals surface area contributed by atoms with Gasteiger partial charge in [0.05, 0.1) is 14.4 Å². The largest absolute Gasteiger partial charge is 0.312 e. The van der Waals surface area contributed by atoms with E-state index in [9.17, 15) is 9.59 Å². The Morgan fingerprint density at radius 2 is 2.22 bits per heavy atom. The second kappa shape index (κ2) is 6.73. The van der Waals surface area contributed by atoms with Crippen LogP contribution < -0.4 is 5.32 Å². The van der Waals surface area contributed by atoms with E-state index in [-0.39, 0.29) is 36.5 Å². The third-order valence-corrected chi connectivity index (χ3v) is 3.26. The average Bonchev–Trinajstić information content (AvgIpc) is 2.82.